The van der Waals surface area contributed by atoms with Gasteiger partial charge in [0.05, 0.1) is 0 Å². The van der Waals surface area contributed by atoms with Crippen molar-refractivity contribution >= 4 is 11.8 Å². The Kier molecular flexibility index (Phi) is 9.26. The molecule has 0 aromatic heterocycles. The third-order valence-electron chi connectivity index (χ3n) is 4.99. The van der Waals surface area contributed by atoms with Crippen molar-refractivity contribution < 1.29 is 9.59 Å². The molecule has 2 amide bonds. The molecule has 2 aromatic carbocycles. The Morgan fingerprint density at radius 3 is 2.04 bits per heavy atom. The molecule has 150 valence electrons. The second kappa shape index (κ2) is 12.0. The zero-order valence-electron chi connectivity index (χ0n) is 17.0. The predicted molar refractivity (Wildman–Crippen MR) is 114 cm³/mol. The van der Waals surface area contributed by atoms with Crippen LogP contribution in [0.2, 0.25) is 0 Å². The highest BCUT2D eigenvalue weighted by molar-refractivity contribution is 5.88. The van der Waals surface area contributed by atoms with Crippen LogP contribution in [0.4, 0.5) is 0 Å². The van der Waals surface area contributed by atoms with Crippen LogP contribution in [0.25, 0.3) is 0 Å². The highest BCUT2D eigenvalue weighted by atomic mass is 16.2. The first-order valence-corrected chi connectivity index (χ1v) is 10.3. The summed E-state index contributed by atoms with van der Waals surface area (Å²) in [5.74, 6) is -0.210. The third-order valence-corrected chi connectivity index (χ3v) is 4.99. The van der Waals surface area contributed by atoms with Gasteiger partial charge in [0.25, 0.3) is 0 Å². The molecule has 0 heterocycles. The van der Waals surface area contributed by atoms with E-state index in [9.17, 15) is 9.59 Å². The average molecular weight is 381 g/mol. The van der Waals surface area contributed by atoms with Crippen LogP contribution in [0.15, 0.2) is 60.7 Å². The molecule has 0 bridgehead atoms. The van der Waals surface area contributed by atoms with E-state index in [0.29, 0.717) is 13.0 Å². The largest absolute Gasteiger partial charge is 0.350 e. The van der Waals surface area contributed by atoms with Crippen LogP contribution in [-0.4, -0.2) is 17.9 Å². The van der Waals surface area contributed by atoms with E-state index in [-0.39, 0.29) is 17.7 Å². The van der Waals surface area contributed by atoms with Crippen LogP contribution < -0.4 is 10.6 Å². The zero-order chi connectivity index (χ0) is 20.2. The molecule has 2 unspecified atom stereocenters. The van der Waals surface area contributed by atoms with Crippen LogP contribution >= 0.6 is 0 Å². The monoisotopic (exact) mass is 380 g/mol. The molecule has 2 N–H and O–H groups in total. The number of hydrogen-bond acceptors (Lipinski definition) is 2. The molecule has 0 aliphatic carbocycles. The summed E-state index contributed by atoms with van der Waals surface area (Å²) in [4.78, 5) is 25.6. The number of nitrogens with one attached hydrogen (secondary N) is 2. The summed E-state index contributed by atoms with van der Waals surface area (Å²) in [6.45, 7) is 4.61. The van der Waals surface area contributed by atoms with Gasteiger partial charge >= 0.3 is 0 Å². The second-order valence-corrected chi connectivity index (χ2v) is 7.20. The summed E-state index contributed by atoms with van der Waals surface area (Å²) in [6, 6.07) is 19.0. The molecular formula is C24H32N2O2. The molecule has 2 rings (SSSR count). The number of carbonyl (C=O) groups is 2. The molecule has 28 heavy (non-hydrogen) atoms. The fraction of sp³-hybridized carbons (Fsp3) is 0.417. The Bertz CT molecular complexity index is 716. The van der Waals surface area contributed by atoms with Crippen molar-refractivity contribution in [2.24, 2.45) is 5.92 Å². The Morgan fingerprint density at radius 1 is 0.857 bits per heavy atom. The highest BCUT2D eigenvalue weighted by Gasteiger charge is 2.24. The second-order valence-electron chi connectivity index (χ2n) is 7.20. The summed E-state index contributed by atoms with van der Waals surface area (Å²) in [6.07, 6.45) is 4.22. The van der Waals surface area contributed by atoms with Crippen molar-refractivity contribution in [3.8, 4) is 0 Å². The standard InChI is InChI=1S/C24H32N2O2/c1-3-5-16-21(4-2)23(27)26-22(17-19-12-8-6-9-13-19)24(28)25-18-20-14-10-7-11-15-20/h6-15,21-22H,3-5,16-18H2,1-2H3,(H,25,28)(H,26,27). The first kappa shape index (κ1) is 21.7. The molecule has 0 aliphatic heterocycles. The van der Waals surface area contributed by atoms with Crippen LogP contribution in [0, 0.1) is 5.92 Å². The first-order valence-electron chi connectivity index (χ1n) is 10.3. The minimum Gasteiger partial charge on any atom is -0.350 e. The quantitative estimate of drug-likeness (QED) is 0.612. The van der Waals surface area contributed by atoms with Gasteiger partial charge in [-0.25, -0.2) is 0 Å². The minimum atomic E-state index is -0.575. The molecule has 4 heteroatoms. The van der Waals surface area contributed by atoms with E-state index in [1.165, 1.54) is 0 Å². The lowest BCUT2D eigenvalue weighted by Gasteiger charge is -2.22. The van der Waals surface area contributed by atoms with Gasteiger partial charge in [-0.15, -0.1) is 0 Å². The SMILES string of the molecule is CCCCC(CC)C(=O)NC(Cc1ccccc1)C(=O)NCc1ccccc1. The van der Waals surface area contributed by atoms with Crippen molar-refractivity contribution in [3.63, 3.8) is 0 Å². The summed E-state index contributed by atoms with van der Waals surface area (Å²) in [7, 11) is 0. The van der Waals surface area contributed by atoms with Gasteiger partial charge in [0, 0.05) is 18.9 Å². The fourth-order valence-electron chi connectivity index (χ4n) is 3.23. The summed E-state index contributed by atoms with van der Waals surface area (Å²) in [5, 5.41) is 5.98. The van der Waals surface area contributed by atoms with Gasteiger partial charge in [0.15, 0.2) is 0 Å². The van der Waals surface area contributed by atoms with Crippen LogP contribution in [0.1, 0.15) is 50.7 Å². The molecule has 0 spiro atoms. The van der Waals surface area contributed by atoms with Gasteiger partial charge in [-0.05, 0) is 24.0 Å². The maximum absolute atomic E-state index is 12.9. The molecule has 0 fully saturated rings. The fourth-order valence-corrected chi connectivity index (χ4v) is 3.23. The van der Waals surface area contributed by atoms with E-state index in [1.807, 2.05) is 67.6 Å². The van der Waals surface area contributed by atoms with Crippen LogP contribution in [0.3, 0.4) is 0 Å². The summed E-state index contributed by atoms with van der Waals surface area (Å²) < 4.78 is 0. The molecule has 4 nitrogen and oxygen atoms in total. The highest BCUT2D eigenvalue weighted by Crippen LogP contribution is 2.14. The van der Waals surface area contributed by atoms with E-state index in [0.717, 1.165) is 36.8 Å². The van der Waals surface area contributed by atoms with Crippen LogP contribution in [0.5, 0.6) is 0 Å². The topological polar surface area (TPSA) is 58.2 Å². The Hall–Kier alpha value is -2.62. The van der Waals surface area contributed by atoms with Crippen molar-refractivity contribution in [1.29, 1.82) is 0 Å². The lowest BCUT2D eigenvalue weighted by molar-refractivity contribution is -0.131. The number of unbranched alkanes of at least 4 members (excludes halogenated alkanes) is 1. The summed E-state index contributed by atoms with van der Waals surface area (Å²) >= 11 is 0. The lowest BCUT2D eigenvalue weighted by atomic mass is 9.97. The predicted octanol–water partition coefficient (Wildman–Crippen LogP) is 4.25. The lowest BCUT2D eigenvalue weighted by Crippen LogP contribution is -2.49. The number of rotatable bonds is 11. The van der Waals surface area contributed by atoms with E-state index < -0.39 is 6.04 Å². The van der Waals surface area contributed by atoms with Crippen LogP contribution in [-0.2, 0) is 22.6 Å². The number of benzene rings is 2. The molecule has 0 radical (unpaired) electrons. The van der Waals surface area contributed by atoms with Gasteiger partial charge in [0.2, 0.25) is 11.8 Å². The number of amides is 2. The maximum atomic E-state index is 12.9. The first-order chi connectivity index (χ1) is 13.6. The van der Waals surface area contributed by atoms with Gasteiger partial charge < -0.3 is 10.6 Å². The molecular weight excluding hydrogens is 348 g/mol. The Morgan fingerprint density at radius 2 is 1.46 bits per heavy atom. The van der Waals surface area contributed by atoms with E-state index >= 15 is 0 Å². The average Bonchev–Trinajstić information content (AvgIpc) is 2.73. The molecule has 0 saturated heterocycles. The van der Waals surface area contributed by atoms with Crippen molar-refractivity contribution in [1.82, 2.24) is 10.6 Å². The van der Waals surface area contributed by atoms with E-state index in [4.69, 9.17) is 0 Å². The van der Waals surface area contributed by atoms with E-state index in [2.05, 4.69) is 17.6 Å². The Balaban J connectivity index is 2.04. The van der Waals surface area contributed by atoms with E-state index in [1.54, 1.807) is 0 Å². The van der Waals surface area contributed by atoms with Crippen molar-refractivity contribution in [2.75, 3.05) is 0 Å². The normalized spacial score (nSPS) is 12.8. The van der Waals surface area contributed by atoms with Gasteiger partial charge in [-0.3, -0.25) is 9.59 Å². The Labute approximate surface area is 168 Å². The van der Waals surface area contributed by atoms with Crippen molar-refractivity contribution in [3.05, 3.63) is 71.8 Å². The number of carbonyl (C=O) groups excluding carboxylic acids is 2. The third kappa shape index (κ3) is 7.18. The smallest absolute Gasteiger partial charge is 0.243 e. The van der Waals surface area contributed by atoms with Gasteiger partial charge in [0.1, 0.15) is 6.04 Å². The van der Waals surface area contributed by atoms with Gasteiger partial charge in [-0.1, -0.05) is 87.4 Å². The molecule has 2 aromatic rings. The summed E-state index contributed by atoms with van der Waals surface area (Å²) in [5.41, 5.74) is 2.07. The number of hydrogen-bond donors (Lipinski definition) is 2. The zero-order valence-corrected chi connectivity index (χ0v) is 17.0. The maximum Gasteiger partial charge on any atom is 0.243 e. The van der Waals surface area contributed by atoms with Gasteiger partial charge in [-0.2, -0.15) is 0 Å². The molecule has 0 aliphatic rings. The van der Waals surface area contributed by atoms with Crippen molar-refractivity contribution in [2.45, 2.75) is 58.5 Å². The molecule has 2 atom stereocenters. The minimum absolute atomic E-state index is 0.0215. The molecule has 0 saturated carbocycles.